The van der Waals surface area contributed by atoms with Crippen LogP contribution in [0.4, 0.5) is 0 Å². The largest absolute Gasteiger partial charge is 0.377 e. The summed E-state index contributed by atoms with van der Waals surface area (Å²) in [5.41, 5.74) is 2.87. The Morgan fingerprint density at radius 3 is 2.63 bits per heavy atom. The maximum absolute atomic E-state index is 6.22. The van der Waals surface area contributed by atoms with E-state index in [-0.39, 0.29) is 0 Å². The first kappa shape index (κ1) is 14.3. The lowest BCUT2D eigenvalue weighted by Gasteiger charge is -2.09. The van der Waals surface area contributed by atoms with Crippen LogP contribution in [0, 0.1) is 6.92 Å². The lowest BCUT2D eigenvalue weighted by molar-refractivity contribution is 0.177. The fourth-order valence-corrected chi connectivity index (χ4v) is 2.38. The molecule has 0 aliphatic rings. The van der Waals surface area contributed by atoms with E-state index in [1.807, 2.05) is 31.2 Å². The molecule has 2 rings (SSSR count). The van der Waals surface area contributed by atoms with Crippen LogP contribution in [0.15, 0.2) is 24.3 Å². The summed E-state index contributed by atoms with van der Waals surface area (Å²) in [7, 11) is 1.60. The molecule has 0 aliphatic heterocycles. The van der Waals surface area contributed by atoms with Crippen molar-refractivity contribution in [2.45, 2.75) is 20.0 Å². The maximum atomic E-state index is 6.22. The second kappa shape index (κ2) is 6.33. The first-order chi connectivity index (χ1) is 9.10. The highest BCUT2D eigenvalue weighted by Gasteiger charge is 2.11. The van der Waals surface area contributed by atoms with Crippen molar-refractivity contribution in [3.8, 4) is 0 Å². The first-order valence-corrected chi connectivity index (χ1v) is 6.61. The van der Waals surface area contributed by atoms with Gasteiger partial charge in [0.2, 0.25) is 0 Å². The number of hydrogen-bond donors (Lipinski definition) is 0. The summed E-state index contributed by atoms with van der Waals surface area (Å²) < 4.78 is 5.01. The van der Waals surface area contributed by atoms with E-state index in [0.717, 1.165) is 16.8 Å². The van der Waals surface area contributed by atoms with E-state index in [4.69, 9.17) is 27.9 Å². The third-order valence-corrected chi connectivity index (χ3v) is 3.30. The van der Waals surface area contributed by atoms with Crippen LogP contribution in [-0.4, -0.2) is 17.1 Å². The Hall–Kier alpha value is -1.16. The number of methoxy groups -OCH3 is 1. The third-order valence-electron chi connectivity index (χ3n) is 2.75. The highest BCUT2D eigenvalue weighted by molar-refractivity contribution is 6.30. The molecule has 0 bridgehead atoms. The van der Waals surface area contributed by atoms with Crippen LogP contribution < -0.4 is 0 Å². The lowest BCUT2D eigenvalue weighted by Crippen LogP contribution is -2.04. The van der Waals surface area contributed by atoms with Gasteiger partial charge < -0.3 is 4.74 Å². The molecular weight excluding hydrogens is 283 g/mol. The number of aryl methyl sites for hydroxylation is 1. The number of nitrogens with zero attached hydrogens (tertiary/aromatic N) is 2. The van der Waals surface area contributed by atoms with Crippen LogP contribution in [0.25, 0.3) is 0 Å². The van der Waals surface area contributed by atoms with Gasteiger partial charge in [0.25, 0.3) is 0 Å². The van der Waals surface area contributed by atoms with Crippen molar-refractivity contribution in [2.75, 3.05) is 7.11 Å². The predicted octanol–water partition coefficient (Wildman–Crippen LogP) is 3.83. The Labute approximate surface area is 122 Å². The van der Waals surface area contributed by atoms with E-state index >= 15 is 0 Å². The minimum absolute atomic E-state index is 0.359. The quantitative estimate of drug-likeness (QED) is 0.804. The zero-order valence-corrected chi connectivity index (χ0v) is 12.3. The molecule has 1 heterocycles. The number of aromatic nitrogens is 2. The van der Waals surface area contributed by atoms with Gasteiger partial charge in [-0.1, -0.05) is 35.3 Å². The van der Waals surface area contributed by atoms with Crippen molar-refractivity contribution in [3.63, 3.8) is 0 Å². The third kappa shape index (κ3) is 3.66. The van der Waals surface area contributed by atoms with Crippen LogP contribution >= 0.6 is 23.2 Å². The Kier molecular flexibility index (Phi) is 4.75. The molecule has 100 valence electrons. The first-order valence-electron chi connectivity index (χ1n) is 5.85. The molecule has 19 heavy (non-hydrogen) atoms. The van der Waals surface area contributed by atoms with E-state index in [1.54, 1.807) is 7.11 Å². The average Bonchev–Trinajstić information content (AvgIpc) is 2.34. The molecule has 1 aromatic carbocycles. The van der Waals surface area contributed by atoms with Gasteiger partial charge in [0.05, 0.1) is 0 Å². The smallest absolute Gasteiger partial charge is 0.155 e. The number of ether oxygens (including phenoxy) is 1. The van der Waals surface area contributed by atoms with Crippen molar-refractivity contribution >= 4 is 23.2 Å². The van der Waals surface area contributed by atoms with Crippen molar-refractivity contribution in [1.29, 1.82) is 0 Å². The van der Waals surface area contributed by atoms with Gasteiger partial charge in [0.15, 0.2) is 5.82 Å². The normalized spacial score (nSPS) is 10.7. The van der Waals surface area contributed by atoms with Gasteiger partial charge in [-0.25, -0.2) is 9.97 Å². The molecule has 0 N–H and O–H groups in total. The lowest BCUT2D eigenvalue weighted by atomic mass is 10.1. The van der Waals surface area contributed by atoms with Gasteiger partial charge >= 0.3 is 0 Å². The molecule has 2 aromatic rings. The Bertz CT molecular complexity index is 564. The zero-order chi connectivity index (χ0) is 13.8. The Balaban J connectivity index is 2.30. The van der Waals surface area contributed by atoms with Crippen LogP contribution in [0.3, 0.4) is 0 Å². The summed E-state index contributed by atoms with van der Waals surface area (Å²) in [5, 5.41) is 1.18. The fourth-order valence-electron chi connectivity index (χ4n) is 1.86. The Morgan fingerprint density at radius 2 is 2.00 bits per heavy atom. The predicted molar refractivity (Wildman–Crippen MR) is 76.8 cm³/mol. The summed E-state index contributed by atoms with van der Waals surface area (Å²) in [5.74, 6) is 0.597. The molecular formula is C14H14Cl2N2O. The van der Waals surface area contributed by atoms with Crippen molar-refractivity contribution < 1.29 is 4.74 Å². The van der Waals surface area contributed by atoms with Crippen molar-refractivity contribution in [1.82, 2.24) is 9.97 Å². The van der Waals surface area contributed by atoms with Crippen molar-refractivity contribution in [3.05, 3.63) is 57.1 Å². The van der Waals surface area contributed by atoms with Gasteiger partial charge in [0.1, 0.15) is 11.8 Å². The monoisotopic (exact) mass is 296 g/mol. The molecule has 0 atom stereocenters. The number of benzene rings is 1. The fraction of sp³-hybridized carbons (Fsp3) is 0.286. The van der Waals surface area contributed by atoms with Gasteiger partial charge in [0, 0.05) is 29.8 Å². The molecule has 1 aromatic heterocycles. The highest BCUT2D eigenvalue weighted by atomic mass is 35.5. The maximum Gasteiger partial charge on any atom is 0.155 e. The van der Waals surface area contributed by atoms with Gasteiger partial charge in [-0.2, -0.15) is 0 Å². The van der Waals surface area contributed by atoms with E-state index in [1.165, 1.54) is 0 Å². The molecule has 0 saturated heterocycles. The molecule has 0 saturated carbocycles. The second-order valence-corrected chi connectivity index (χ2v) is 5.03. The topological polar surface area (TPSA) is 35.0 Å². The van der Waals surface area contributed by atoms with Crippen LogP contribution in [0.5, 0.6) is 0 Å². The van der Waals surface area contributed by atoms with Crippen LogP contribution in [0.2, 0.25) is 10.2 Å². The van der Waals surface area contributed by atoms with Crippen LogP contribution in [0.1, 0.15) is 22.6 Å². The average molecular weight is 297 g/mol. The number of hydrogen-bond acceptors (Lipinski definition) is 3. The minimum atomic E-state index is 0.359. The van der Waals surface area contributed by atoms with E-state index in [0.29, 0.717) is 29.0 Å². The van der Waals surface area contributed by atoms with E-state index in [9.17, 15) is 0 Å². The van der Waals surface area contributed by atoms with Gasteiger partial charge in [-0.05, 0) is 24.6 Å². The van der Waals surface area contributed by atoms with E-state index in [2.05, 4.69) is 9.97 Å². The molecule has 3 nitrogen and oxygen atoms in total. The Morgan fingerprint density at radius 1 is 1.21 bits per heavy atom. The summed E-state index contributed by atoms with van der Waals surface area (Å²) in [6.07, 6.45) is 0.665. The van der Waals surface area contributed by atoms with Crippen molar-refractivity contribution in [2.24, 2.45) is 0 Å². The summed E-state index contributed by atoms with van der Waals surface area (Å²) >= 11 is 12.2. The highest BCUT2D eigenvalue weighted by Crippen LogP contribution is 2.22. The van der Waals surface area contributed by atoms with Gasteiger partial charge in [-0.3, -0.25) is 0 Å². The summed E-state index contributed by atoms with van der Waals surface area (Å²) in [6, 6.07) is 7.68. The summed E-state index contributed by atoms with van der Waals surface area (Å²) in [4.78, 5) is 8.63. The number of rotatable bonds is 4. The second-order valence-electron chi connectivity index (χ2n) is 4.23. The molecule has 0 radical (unpaired) electrons. The summed E-state index contributed by atoms with van der Waals surface area (Å²) in [6.45, 7) is 2.28. The SMILES string of the molecule is COCc1nc(C)c(Cc2cccc(Cl)c2)c(Cl)n1. The molecule has 0 fully saturated rings. The molecule has 0 amide bonds. The standard InChI is InChI=1S/C14H14Cl2N2O/c1-9-12(7-10-4-3-5-11(15)6-10)14(16)18-13(17-9)8-19-2/h3-6H,7-8H2,1-2H3. The minimum Gasteiger partial charge on any atom is -0.377 e. The van der Waals surface area contributed by atoms with Gasteiger partial charge in [-0.15, -0.1) is 0 Å². The van der Waals surface area contributed by atoms with Crippen LogP contribution in [-0.2, 0) is 17.8 Å². The molecule has 0 spiro atoms. The van der Waals surface area contributed by atoms with E-state index < -0.39 is 0 Å². The molecule has 5 heteroatoms. The number of halogens is 2. The zero-order valence-electron chi connectivity index (χ0n) is 10.8. The molecule has 0 aliphatic carbocycles. The molecule has 0 unspecified atom stereocenters.